The highest BCUT2D eigenvalue weighted by Gasteiger charge is 2.17. The summed E-state index contributed by atoms with van der Waals surface area (Å²) in [5, 5.41) is 21.3. The van der Waals surface area contributed by atoms with E-state index in [1.54, 1.807) is 0 Å². The van der Waals surface area contributed by atoms with Gasteiger partial charge in [-0.05, 0) is 18.8 Å². The summed E-state index contributed by atoms with van der Waals surface area (Å²) in [6.07, 6.45) is 7.73. The summed E-state index contributed by atoms with van der Waals surface area (Å²) in [5.41, 5.74) is 0.457. The van der Waals surface area contributed by atoms with Crippen molar-refractivity contribution in [2.45, 2.75) is 51.6 Å². The predicted octanol–water partition coefficient (Wildman–Crippen LogP) is 0.0655. The SMILES string of the molecule is O=C(O)Cn1cc(CNC(=O)CNC(=O)CC2CCCCC2)nn1. The Labute approximate surface area is 139 Å². The smallest absolute Gasteiger partial charge is 0.325 e. The maximum Gasteiger partial charge on any atom is 0.325 e. The van der Waals surface area contributed by atoms with Crippen LogP contribution in [0, 0.1) is 5.92 Å². The van der Waals surface area contributed by atoms with Crippen LogP contribution in [0.2, 0.25) is 0 Å². The lowest BCUT2D eigenvalue weighted by Gasteiger charge is -2.20. The van der Waals surface area contributed by atoms with Crippen molar-refractivity contribution in [2.75, 3.05) is 6.54 Å². The molecule has 2 amide bonds. The molecule has 9 nitrogen and oxygen atoms in total. The molecule has 2 rings (SSSR count). The molecule has 0 radical (unpaired) electrons. The van der Waals surface area contributed by atoms with Crippen molar-refractivity contribution >= 4 is 17.8 Å². The standard InChI is InChI=1S/C15H23N5O4/c21-13(6-11-4-2-1-3-5-11)17-8-14(22)16-7-12-9-20(19-18-12)10-15(23)24/h9,11H,1-8,10H2,(H,16,22)(H,17,21)(H,23,24). The summed E-state index contributed by atoms with van der Waals surface area (Å²) < 4.78 is 1.18. The fourth-order valence-corrected chi connectivity index (χ4v) is 2.79. The molecule has 1 aromatic heterocycles. The fraction of sp³-hybridized carbons (Fsp3) is 0.667. The monoisotopic (exact) mass is 337 g/mol. The van der Waals surface area contributed by atoms with Crippen LogP contribution < -0.4 is 10.6 Å². The zero-order valence-electron chi connectivity index (χ0n) is 13.5. The lowest BCUT2D eigenvalue weighted by atomic mass is 9.87. The molecule has 0 atom stereocenters. The number of hydrogen-bond acceptors (Lipinski definition) is 5. The van der Waals surface area contributed by atoms with Crippen molar-refractivity contribution in [3.05, 3.63) is 11.9 Å². The number of hydrogen-bond donors (Lipinski definition) is 3. The number of rotatable bonds is 8. The number of carbonyl (C=O) groups excluding carboxylic acids is 2. The van der Waals surface area contributed by atoms with Crippen LogP contribution in [0.15, 0.2) is 6.20 Å². The van der Waals surface area contributed by atoms with Crippen molar-refractivity contribution in [1.82, 2.24) is 25.6 Å². The number of nitrogens with one attached hydrogen (secondary N) is 2. The van der Waals surface area contributed by atoms with Crippen LogP contribution in [0.25, 0.3) is 0 Å². The number of aromatic nitrogens is 3. The molecule has 0 aromatic carbocycles. The van der Waals surface area contributed by atoms with Gasteiger partial charge in [0.05, 0.1) is 19.3 Å². The molecule has 0 bridgehead atoms. The van der Waals surface area contributed by atoms with Gasteiger partial charge in [-0.1, -0.05) is 24.5 Å². The van der Waals surface area contributed by atoms with Crippen LogP contribution >= 0.6 is 0 Å². The van der Waals surface area contributed by atoms with Crippen molar-refractivity contribution in [3.63, 3.8) is 0 Å². The number of aliphatic carboxylic acids is 1. The summed E-state index contributed by atoms with van der Waals surface area (Å²) in [7, 11) is 0. The molecule has 1 aromatic rings. The molecule has 0 aliphatic heterocycles. The van der Waals surface area contributed by atoms with E-state index in [1.165, 1.54) is 30.1 Å². The van der Waals surface area contributed by atoms with Gasteiger partial charge < -0.3 is 15.7 Å². The first-order valence-corrected chi connectivity index (χ1v) is 8.17. The molecule has 1 heterocycles. The zero-order chi connectivity index (χ0) is 17.4. The van der Waals surface area contributed by atoms with Gasteiger partial charge in [-0.15, -0.1) is 5.10 Å². The normalized spacial score (nSPS) is 15.0. The Morgan fingerprint density at radius 2 is 1.92 bits per heavy atom. The van der Waals surface area contributed by atoms with E-state index in [4.69, 9.17) is 5.11 Å². The zero-order valence-corrected chi connectivity index (χ0v) is 13.5. The highest BCUT2D eigenvalue weighted by atomic mass is 16.4. The molecule has 1 fully saturated rings. The molecule has 24 heavy (non-hydrogen) atoms. The summed E-state index contributed by atoms with van der Waals surface area (Å²) in [6, 6.07) is 0. The van der Waals surface area contributed by atoms with Crippen LogP contribution in [0.1, 0.15) is 44.2 Å². The molecule has 1 aliphatic carbocycles. The summed E-state index contributed by atoms with van der Waals surface area (Å²) in [4.78, 5) is 34.1. The fourth-order valence-electron chi connectivity index (χ4n) is 2.79. The Morgan fingerprint density at radius 3 is 2.62 bits per heavy atom. The molecule has 132 valence electrons. The summed E-state index contributed by atoms with van der Waals surface area (Å²) in [6.45, 7) is -0.218. The van der Waals surface area contributed by atoms with Crippen LogP contribution in [0.3, 0.4) is 0 Å². The first-order valence-electron chi connectivity index (χ1n) is 8.17. The molecule has 3 N–H and O–H groups in total. The third-order valence-corrected chi connectivity index (χ3v) is 3.99. The minimum atomic E-state index is -1.02. The second-order valence-electron chi connectivity index (χ2n) is 6.06. The van der Waals surface area contributed by atoms with E-state index in [-0.39, 0.29) is 31.4 Å². The number of carbonyl (C=O) groups is 3. The second kappa shape index (κ2) is 8.99. The average Bonchev–Trinajstić information content (AvgIpc) is 2.98. The van der Waals surface area contributed by atoms with Crippen molar-refractivity contribution in [3.8, 4) is 0 Å². The van der Waals surface area contributed by atoms with Crippen LogP contribution in [0.4, 0.5) is 0 Å². The topological polar surface area (TPSA) is 126 Å². The van der Waals surface area contributed by atoms with Gasteiger partial charge >= 0.3 is 5.97 Å². The minimum Gasteiger partial charge on any atom is -0.480 e. The van der Waals surface area contributed by atoms with E-state index < -0.39 is 5.97 Å². The van der Waals surface area contributed by atoms with Gasteiger partial charge in [0.25, 0.3) is 0 Å². The molecule has 0 spiro atoms. The van der Waals surface area contributed by atoms with Gasteiger partial charge in [0.2, 0.25) is 11.8 Å². The predicted molar refractivity (Wildman–Crippen MR) is 83.7 cm³/mol. The average molecular weight is 337 g/mol. The Kier molecular flexibility index (Phi) is 6.71. The second-order valence-corrected chi connectivity index (χ2v) is 6.06. The van der Waals surface area contributed by atoms with E-state index in [0.29, 0.717) is 18.0 Å². The molecular formula is C15H23N5O4. The van der Waals surface area contributed by atoms with Gasteiger partial charge in [-0.2, -0.15) is 0 Å². The third-order valence-electron chi connectivity index (χ3n) is 3.99. The van der Waals surface area contributed by atoms with E-state index in [0.717, 1.165) is 12.8 Å². The van der Waals surface area contributed by atoms with E-state index >= 15 is 0 Å². The van der Waals surface area contributed by atoms with Crippen LogP contribution in [0.5, 0.6) is 0 Å². The lowest BCUT2D eigenvalue weighted by molar-refractivity contribution is -0.138. The maximum absolute atomic E-state index is 11.8. The van der Waals surface area contributed by atoms with E-state index in [2.05, 4.69) is 20.9 Å². The highest BCUT2D eigenvalue weighted by molar-refractivity contribution is 5.84. The first kappa shape index (κ1) is 17.9. The van der Waals surface area contributed by atoms with Gasteiger partial charge in [0.15, 0.2) is 0 Å². The maximum atomic E-state index is 11.8. The van der Waals surface area contributed by atoms with E-state index in [9.17, 15) is 14.4 Å². The van der Waals surface area contributed by atoms with E-state index in [1.807, 2.05) is 0 Å². The van der Waals surface area contributed by atoms with Gasteiger partial charge in [-0.25, -0.2) is 4.68 Å². The Balaban J connectivity index is 1.63. The molecule has 0 saturated heterocycles. The molecule has 1 aliphatic rings. The summed E-state index contributed by atoms with van der Waals surface area (Å²) in [5.74, 6) is -0.994. The Hall–Kier alpha value is -2.45. The lowest BCUT2D eigenvalue weighted by Crippen LogP contribution is -2.37. The van der Waals surface area contributed by atoms with Crippen LogP contribution in [-0.4, -0.2) is 44.4 Å². The Bertz CT molecular complexity index is 580. The van der Waals surface area contributed by atoms with Crippen molar-refractivity contribution in [2.24, 2.45) is 5.92 Å². The molecule has 9 heteroatoms. The van der Waals surface area contributed by atoms with Crippen LogP contribution in [-0.2, 0) is 27.5 Å². The number of carboxylic acid groups (broad SMARTS) is 1. The summed E-state index contributed by atoms with van der Waals surface area (Å²) >= 11 is 0. The van der Waals surface area contributed by atoms with Crippen molar-refractivity contribution < 1.29 is 19.5 Å². The minimum absolute atomic E-state index is 0.0746. The third kappa shape index (κ3) is 6.35. The number of nitrogens with zero attached hydrogens (tertiary/aromatic N) is 3. The Morgan fingerprint density at radius 1 is 1.17 bits per heavy atom. The molecule has 0 unspecified atom stereocenters. The van der Waals surface area contributed by atoms with Crippen molar-refractivity contribution in [1.29, 1.82) is 0 Å². The highest BCUT2D eigenvalue weighted by Crippen LogP contribution is 2.25. The molecule has 1 saturated carbocycles. The van der Waals surface area contributed by atoms with Gasteiger partial charge in [0, 0.05) is 6.42 Å². The van der Waals surface area contributed by atoms with Gasteiger partial charge in [0.1, 0.15) is 12.2 Å². The first-order chi connectivity index (χ1) is 11.5. The largest absolute Gasteiger partial charge is 0.480 e. The number of carboxylic acids is 1. The quantitative estimate of drug-likeness (QED) is 0.616. The van der Waals surface area contributed by atoms with Gasteiger partial charge in [-0.3, -0.25) is 14.4 Å². The number of amides is 2. The molecular weight excluding hydrogens is 314 g/mol.